The van der Waals surface area contributed by atoms with Crippen LogP contribution in [0.25, 0.3) is 10.9 Å². The Labute approximate surface area is 128 Å². The molecule has 0 unspecified atom stereocenters. The number of benzene rings is 1. The summed E-state index contributed by atoms with van der Waals surface area (Å²) in [5.41, 5.74) is 2.54. The van der Waals surface area contributed by atoms with E-state index in [-0.39, 0.29) is 11.9 Å². The van der Waals surface area contributed by atoms with Crippen molar-refractivity contribution in [2.45, 2.75) is 18.9 Å². The monoisotopic (exact) mass is 292 g/mol. The summed E-state index contributed by atoms with van der Waals surface area (Å²) in [7, 11) is 0. The topological polar surface area (TPSA) is 61.9 Å². The number of rotatable bonds is 2. The van der Waals surface area contributed by atoms with Crippen LogP contribution in [0.5, 0.6) is 0 Å². The highest BCUT2D eigenvalue weighted by Crippen LogP contribution is 2.33. The molecule has 5 heteroatoms. The minimum atomic E-state index is -0.00300. The third kappa shape index (κ3) is 2.06. The first-order valence-corrected chi connectivity index (χ1v) is 7.48. The molecule has 1 aliphatic rings. The van der Waals surface area contributed by atoms with Gasteiger partial charge in [0.15, 0.2) is 5.69 Å². The van der Waals surface area contributed by atoms with Crippen molar-refractivity contribution in [2.75, 3.05) is 6.54 Å². The first-order valence-electron chi connectivity index (χ1n) is 7.48. The van der Waals surface area contributed by atoms with Gasteiger partial charge in [0, 0.05) is 24.3 Å². The lowest BCUT2D eigenvalue weighted by molar-refractivity contribution is 0.0731. The number of hydrogen-bond donors (Lipinski definition) is 1. The number of nitrogens with one attached hydrogen (secondary N) is 1. The number of para-hydroxylation sites is 1. The number of nitrogens with zero attached hydrogens (tertiary/aromatic N) is 3. The van der Waals surface area contributed by atoms with E-state index in [2.05, 4.69) is 15.2 Å². The van der Waals surface area contributed by atoms with Gasteiger partial charge in [-0.2, -0.15) is 5.10 Å². The molecule has 0 aliphatic carbocycles. The highest BCUT2D eigenvalue weighted by Gasteiger charge is 2.32. The zero-order valence-corrected chi connectivity index (χ0v) is 12.1. The molecule has 1 amide bonds. The average molecular weight is 292 g/mol. The lowest BCUT2D eigenvalue weighted by Crippen LogP contribution is -2.31. The van der Waals surface area contributed by atoms with Crippen molar-refractivity contribution in [1.29, 1.82) is 0 Å². The minimum Gasteiger partial charge on any atom is -0.330 e. The van der Waals surface area contributed by atoms with E-state index >= 15 is 0 Å². The predicted molar refractivity (Wildman–Crippen MR) is 83.3 cm³/mol. The molecule has 3 heterocycles. The van der Waals surface area contributed by atoms with Crippen molar-refractivity contribution < 1.29 is 4.79 Å². The number of hydrogen-bond acceptors (Lipinski definition) is 3. The van der Waals surface area contributed by atoms with Crippen LogP contribution in [0.2, 0.25) is 0 Å². The van der Waals surface area contributed by atoms with Crippen molar-refractivity contribution in [3.05, 3.63) is 60.0 Å². The van der Waals surface area contributed by atoms with E-state index in [4.69, 9.17) is 0 Å². The van der Waals surface area contributed by atoms with Gasteiger partial charge in [0.1, 0.15) is 0 Å². The Bertz CT molecular complexity index is 812. The Morgan fingerprint density at radius 2 is 2.00 bits per heavy atom. The molecular formula is C17H16N4O. The number of aromatic nitrogens is 3. The second kappa shape index (κ2) is 5.26. The van der Waals surface area contributed by atoms with Crippen molar-refractivity contribution in [1.82, 2.24) is 20.1 Å². The first-order chi connectivity index (χ1) is 10.8. The quantitative estimate of drug-likeness (QED) is 0.790. The Morgan fingerprint density at radius 3 is 2.86 bits per heavy atom. The van der Waals surface area contributed by atoms with Crippen molar-refractivity contribution in [3.63, 3.8) is 0 Å². The second-order valence-corrected chi connectivity index (χ2v) is 5.55. The van der Waals surface area contributed by atoms with Crippen LogP contribution in [0, 0.1) is 0 Å². The Hall–Kier alpha value is -2.69. The molecule has 0 saturated carbocycles. The molecule has 1 atom stereocenters. The van der Waals surface area contributed by atoms with Gasteiger partial charge in [-0.1, -0.05) is 18.2 Å². The summed E-state index contributed by atoms with van der Waals surface area (Å²) in [6.07, 6.45) is 5.56. The number of aromatic amines is 1. The van der Waals surface area contributed by atoms with E-state index in [1.165, 1.54) is 0 Å². The van der Waals surface area contributed by atoms with Gasteiger partial charge in [0.05, 0.1) is 11.6 Å². The van der Waals surface area contributed by atoms with E-state index in [0.29, 0.717) is 5.69 Å². The highest BCUT2D eigenvalue weighted by molar-refractivity contribution is 6.04. The van der Waals surface area contributed by atoms with Gasteiger partial charge in [-0.05, 0) is 36.6 Å². The van der Waals surface area contributed by atoms with Crippen LogP contribution in [0.15, 0.2) is 48.8 Å². The molecule has 1 N–H and O–H groups in total. The van der Waals surface area contributed by atoms with E-state index < -0.39 is 0 Å². The van der Waals surface area contributed by atoms with E-state index in [0.717, 1.165) is 35.9 Å². The van der Waals surface area contributed by atoms with E-state index in [1.54, 1.807) is 12.4 Å². The van der Waals surface area contributed by atoms with Gasteiger partial charge in [0.2, 0.25) is 0 Å². The molecule has 110 valence electrons. The van der Waals surface area contributed by atoms with Crippen LogP contribution in [0.3, 0.4) is 0 Å². The maximum atomic E-state index is 12.9. The third-order valence-electron chi connectivity index (χ3n) is 4.28. The number of fused-ring (bicyclic) bond motifs is 1. The first kappa shape index (κ1) is 13.0. The summed E-state index contributed by atoms with van der Waals surface area (Å²) in [6, 6.07) is 11.8. The van der Waals surface area contributed by atoms with Crippen molar-refractivity contribution in [3.8, 4) is 0 Å². The molecule has 1 aliphatic heterocycles. The maximum absolute atomic E-state index is 12.9. The summed E-state index contributed by atoms with van der Waals surface area (Å²) in [5.74, 6) is -0.00300. The van der Waals surface area contributed by atoms with Crippen LogP contribution in [0.4, 0.5) is 0 Å². The summed E-state index contributed by atoms with van der Waals surface area (Å²) >= 11 is 0. The van der Waals surface area contributed by atoms with Crippen LogP contribution in [0.1, 0.15) is 34.9 Å². The molecule has 1 aromatic carbocycles. The van der Waals surface area contributed by atoms with Crippen molar-refractivity contribution in [2.24, 2.45) is 0 Å². The van der Waals surface area contributed by atoms with Crippen LogP contribution in [-0.2, 0) is 0 Å². The Kier molecular flexibility index (Phi) is 3.11. The van der Waals surface area contributed by atoms with Gasteiger partial charge >= 0.3 is 0 Å². The third-order valence-corrected chi connectivity index (χ3v) is 4.28. The maximum Gasteiger partial charge on any atom is 0.275 e. The second-order valence-electron chi connectivity index (χ2n) is 5.55. The van der Waals surface area contributed by atoms with Crippen LogP contribution >= 0.6 is 0 Å². The van der Waals surface area contributed by atoms with Gasteiger partial charge < -0.3 is 4.90 Å². The molecule has 0 radical (unpaired) electrons. The predicted octanol–water partition coefficient (Wildman–Crippen LogP) is 2.94. The van der Waals surface area contributed by atoms with Gasteiger partial charge in [0.25, 0.3) is 5.91 Å². The number of carbonyl (C=O) groups excluding carboxylic acids is 1. The van der Waals surface area contributed by atoms with Crippen LogP contribution < -0.4 is 0 Å². The fourth-order valence-electron chi connectivity index (χ4n) is 3.20. The molecule has 0 bridgehead atoms. The molecule has 1 saturated heterocycles. The Morgan fingerprint density at radius 1 is 1.18 bits per heavy atom. The Balaban J connectivity index is 1.70. The smallest absolute Gasteiger partial charge is 0.275 e. The largest absolute Gasteiger partial charge is 0.330 e. The van der Waals surface area contributed by atoms with Gasteiger partial charge in [-0.15, -0.1) is 0 Å². The standard InChI is InChI=1S/C17H16N4O/c22-17(16-13-4-1-2-5-14(13)19-20-16)21-11-3-6-15(21)12-7-9-18-10-8-12/h1-2,4-5,7-10,15H,3,6,11H2,(H,19,20)/t15-/m0/s1. The summed E-state index contributed by atoms with van der Waals surface area (Å²) in [5, 5.41) is 8.06. The number of H-pyrrole nitrogens is 1. The summed E-state index contributed by atoms with van der Waals surface area (Å²) in [4.78, 5) is 18.9. The number of carbonyl (C=O) groups is 1. The van der Waals surface area contributed by atoms with Gasteiger partial charge in [-0.25, -0.2) is 0 Å². The lowest BCUT2D eigenvalue weighted by atomic mass is 10.1. The average Bonchev–Trinajstić information content (AvgIpc) is 3.22. The van der Waals surface area contributed by atoms with Crippen LogP contribution in [-0.4, -0.2) is 32.5 Å². The highest BCUT2D eigenvalue weighted by atomic mass is 16.2. The SMILES string of the molecule is O=C(c1n[nH]c2ccccc12)N1CCC[C@H]1c1ccncc1. The zero-order chi connectivity index (χ0) is 14.9. The number of likely N-dealkylation sites (tertiary alicyclic amines) is 1. The van der Waals surface area contributed by atoms with Gasteiger partial charge in [-0.3, -0.25) is 14.9 Å². The van der Waals surface area contributed by atoms with E-state index in [1.807, 2.05) is 41.3 Å². The molecule has 2 aromatic heterocycles. The van der Waals surface area contributed by atoms with E-state index in [9.17, 15) is 4.79 Å². The fourth-order valence-corrected chi connectivity index (χ4v) is 3.20. The normalized spacial score (nSPS) is 18.0. The van der Waals surface area contributed by atoms with Crippen molar-refractivity contribution >= 4 is 16.8 Å². The number of amides is 1. The molecule has 3 aromatic rings. The zero-order valence-electron chi connectivity index (χ0n) is 12.1. The minimum absolute atomic E-state index is 0.00300. The molecular weight excluding hydrogens is 276 g/mol. The summed E-state index contributed by atoms with van der Waals surface area (Å²) in [6.45, 7) is 0.771. The fraction of sp³-hybridized carbons (Fsp3) is 0.235. The lowest BCUT2D eigenvalue weighted by Gasteiger charge is -2.24. The summed E-state index contributed by atoms with van der Waals surface area (Å²) < 4.78 is 0. The molecule has 1 fully saturated rings. The molecule has 22 heavy (non-hydrogen) atoms. The number of pyridine rings is 1. The molecule has 5 nitrogen and oxygen atoms in total. The molecule has 4 rings (SSSR count). The molecule has 0 spiro atoms.